The van der Waals surface area contributed by atoms with Gasteiger partial charge in [0.2, 0.25) is 0 Å². The lowest BCUT2D eigenvalue weighted by Crippen LogP contribution is -2.29. The number of nitro benzene ring substituents is 2. The summed E-state index contributed by atoms with van der Waals surface area (Å²) in [5, 5.41) is 25.5. The molecule has 0 aromatic heterocycles. The fraction of sp³-hybridized carbons (Fsp3) is 0.167. The maximum Gasteiger partial charge on any atom is 0.271 e. The molecule has 11 heteroatoms. The van der Waals surface area contributed by atoms with Crippen LogP contribution >= 0.6 is 0 Å². The van der Waals surface area contributed by atoms with Crippen molar-refractivity contribution in [3.05, 3.63) is 110 Å². The van der Waals surface area contributed by atoms with Gasteiger partial charge in [-0.1, -0.05) is 30.4 Å². The first-order valence-electron chi connectivity index (χ1n) is 10.8. The summed E-state index contributed by atoms with van der Waals surface area (Å²) in [6.45, 7) is 0. The summed E-state index contributed by atoms with van der Waals surface area (Å²) in [6.07, 6.45) is 4.90. The highest BCUT2D eigenvalue weighted by molar-refractivity contribution is 7.92. The van der Waals surface area contributed by atoms with Gasteiger partial charge in [0, 0.05) is 35.9 Å². The summed E-state index contributed by atoms with van der Waals surface area (Å²) < 4.78 is 28.5. The van der Waals surface area contributed by atoms with Crippen LogP contribution in [0.25, 0.3) is 0 Å². The monoisotopic (exact) mass is 492 g/mol. The van der Waals surface area contributed by atoms with Crippen LogP contribution in [0.15, 0.2) is 83.8 Å². The van der Waals surface area contributed by atoms with Crippen LogP contribution in [-0.2, 0) is 10.0 Å². The molecule has 1 aliphatic carbocycles. The van der Waals surface area contributed by atoms with Gasteiger partial charge in [0.1, 0.15) is 0 Å². The molecule has 2 N–H and O–H groups in total. The minimum atomic E-state index is -3.98. The summed E-state index contributed by atoms with van der Waals surface area (Å²) in [5.74, 6) is 0.0889. The molecule has 0 spiro atoms. The molecule has 3 aromatic carbocycles. The lowest BCUT2D eigenvalue weighted by molar-refractivity contribution is -0.385. The molecule has 3 atom stereocenters. The van der Waals surface area contributed by atoms with Gasteiger partial charge in [-0.05, 0) is 47.7 Å². The Balaban J connectivity index is 1.45. The number of benzene rings is 3. The highest BCUT2D eigenvalue weighted by Crippen LogP contribution is 2.50. The summed E-state index contributed by atoms with van der Waals surface area (Å²) in [4.78, 5) is 21.1. The smallest absolute Gasteiger partial charge is 0.271 e. The molecule has 1 heterocycles. The topological polar surface area (TPSA) is 144 Å². The summed E-state index contributed by atoms with van der Waals surface area (Å²) in [7, 11) is -3.98. The predicted molar refractivity (Wildman–Crippen MR) is 130 cm³/mol. The first-order valence-corrected chi connectivity index (χ1v) is 12.3. The van der Waals surface area contributed by atoms with Gasteiger partial charge in [-0.3, -0.25) is 25.0 Å². The van der Waals surface area contributed by atoms with Crippen LogP contribution in [0.3, 0.4) is 0 Å². The summed E-state index contributed by atoms with van der Waals surface area (Å²) >= 11 is 0. The minimum Gasteiger partial charge on any atom is -0.378 e. The number of nitrogens with zero attached hydrogens (tertiary/aromatic N) is 2. The Bertz CT molecular complexity index is 1470. The number of hydrogen-bond donors (Lipinski definition) is 2. The van der Waals surface area contributed by atoms with Crippen molar-refractivity contribution in [2.75, 3.05) is 10.0 Å². The van der Waals surface area contributed by atoms with Crippen LogP contribution in [0, 0.1) is 26.1 Å². The molecule has 0 fully saturated rings. The van der Waals surface area contributed by atoms with Crippen molar-refractivity contribution in [3.8, 4) is 0 Å². The van der Waals surface area contributed by atoms with E-state index in [9.17, 15) is 28.6 Å². The van der Waals surface area contributed by atoms with Gasteiger partial charge in [0.15, 0.2) is 0 Å². The molecular formula is C24H20N4O6S. The van der Waals surface area contributed by atoms with Gasteiger partial charge in [-0.25, -0.2) is 8.42 Å². The Morgan fingerprint density at radius 1 is 0.914 bits per heavy atom. The van der Waals surface area contributed by atoms with Gasteiger partial charge in [-0.2, -0.15) is 0 Å². The van der Waals surface area contributed by atoms with Crippen molar-refractivity contribution in [1.82, 2.24) is 0 Å². The van der Waals surface area contributed by atoms with Gasteiger partial charge in [0.05, 0.1) is 26.5 Å². The molecule has 0 saturated heterocycles. The third-order valence-corrected chi connectivity index (χ3v) is 7.80. The van der Waals surface area contributed by atoms with E-state index in [0.717, 1.165) is 23.2 Å². The molecular weight excluding hydrogens is 472 g/mol. The molecule has 5 rings (SSSR count). The number of fused-ring (bicyclic) bond motifs is 3. The van der Waals surface area contributed by atoms with Crippen LogP contribution in [0.1, 0.15) is 29.5 Å². The lowest BCUT2D eigenvalue weighted by atomic mass is 9.77. The number of sulfonamides is 1. The maximum atomic E-state index is 13.1. The van der Waals surface area contributed by atoms with E-state index in [4.69, 9.17) is 0 Å². The molecule has 0 amide bonds. The zero-order valence-electron chi connectivity index (χ0n) is 18.2. The highest BCUT2D eigenvalue weighted by atomic mass is 32.2. The Kier molecular flexibility index (Phi) is 5.48. The van der Waals surface area contributed by atoms with Crippen LogP contribution in [0.4, 0.5) is 22.7 Å². The van der Waals surface area contributed by atoms with E-state index in [0.29, 0.717) is 0 Å². The standard InChI is InChI=1S/C24H20N4O6S/c29-27(30)17-9-7-15(8-10-17)24-21-6-2-5-20(21)22-14-19(11-12-23(22)25-24)35(33,34)26-16-3-1-4-18(13-16)28(31)32/h1-5,7-14,20-21,24-26H,6H2/t20-,21+,24+/m0/s1. The first kappa shape index (κ1) is 22.5. The zero-order valence-corrected chi connectivity index (χ0v) is 19.0. The summed E-state index contributed by atoms with van der Waals surface area (Å²) in [5.41, 5.74) is 2.46. The molecule has 0 unspecified atom stereocenters. The van der Waals surface area contributed by atoms with Crippen molar-refractivity contribution in [2.24, 2.45) is 5.92 Å². The minimum absolute atomic E-state index is 0.0251. The summed E-state index contributed by atoms with van der Waals surface area (Å²) in [6, 6.07) is 16.5. The number of rotatable bonds is 6. The molecule has 2 aliphatic rings. The molecule has 178 valence electrons. The number of allylic oxidation sites excluding steroid dienone is 2. The lowest BCUT2D eigenvalue weighted by Gasteiger charge is -2.37. The normalized spacial score (nSPS) is 20.4. The fourth-order valence-corrected chi connectivity index (χ4v) is 5.85. The number of non-ortho nitro benzene ring substituents is 2. The molecule has 3 aromatic rings. The number of nitrogens with one attached hydrogen (secondary N) is 2. The number of hydrogen-bond acceptors (Lipinski definition) is 7. The molecule has 0 saturated carbocycles. The SMILES string of the molecule is O=[N+]([O-])c1ccc([C@H]2Nc3ccc(S(=O)(=O)Nc4cccc([N+](=O)[O-])c4)cc3[C@H]3C=CC[C@H]32)cc1. The fourth-order valence-electron chi connectivity index (χ4n) is 4.77. The second kappa shape index (κ2) is 8.51. The third kappa shape index (κ3) is 4.21. The van der Waals surface area contributed by atoms with Crippen LogP contribution in [0.2, 0.25) is 0 Å². The van der Waals surface area contributed by atoms with Crippen molar-refractivity contribution >= 4 is 32.8 Å². The van der Waals surface area contributed by atoms with Crippen molar-refractivity contribution < 1.29 is 18.3 Å². The largest absolute Gasteiger partial charge is 0.378 e. The molecule has 35 heavy (non-hydrogen) atoms. The first-order chi connectivity index (χ1) is 16.7. The van der Waals surface area contributed by atoms with Gasteiger partial charge < -0.3 is 5.32 Å². The zero-order chi connectivity index (χ0) is 24.7. The van der Waals surface area contributed by atoms with E-state index in [1.165, 1.54) is 42.5 Å². The number of nitro groups is 2. The van der Waals surface area contributed by atoms with Crippen molar-refractivity contribution in [1.29, 1.82) is 0 Å². The van der Waals surface area contributed by atoms with Crippen LogP contribution in [0.5, 0.6) is 0 Å². The Labute approximate surface area is 200 Å². The Morgan fingerprint density at radius 2 is 1.66 bits per heavy atom. The van der Waals surface area contributed by atoms with E-state index in [2.05, 4.69) is 22.2 Å². The molecule has 1 aliphatic heterocycles. The van der Waals surface area contributed by atoms with E-state index in [1.54, 1.807) is 24.3 Å². The van der Waals surface area contributed by atoms with Crippen molar-refractivity contribution in [2.45, 2.75) is 23.3 Å². The van der Waals surface area contributed by atoms with Crippen LogP contribution in [-0.4, -0.2) is 18.3 Å². The third-order valence-electron chi connectivity index (χ3n) is 6.42. The van der Waals surface area contributed by atoms with Crippen molar-refractivity contribution in [3.63, 3.8) is 0 Å². The predicted octanol–water partition coefficient (Wildman–Crippen LogP) is 5.13. The van der Waals surface area contributed by atoms with Gasteiger partial charge in [0.25, 0.3) is 21.4 Å². The average molecular weight is 493 g/mol. The van der Waals surface area contributed by atoms with Crippen LogP contribution < -0.4 is 10.0 Å². The van der Waals surface area contributed by atoms with E-state index < -0.39 is 19.9 Å². The van der Waals surface area contributed by atoms with E-state index in [-0.39, 0.29) is 39.8 Å². The number of anilines is 2. The maximum absolute atomic E-state index is 13.1. The highest BCUT2D eigenvalue weighted by Gasteiger charge is 2.38. The Hall–Kier alpha value is -4.25. The average Bonchev–Trinajstić information content (AvgIpc) is 3.33. The Morgan fingerprint density at radius 3 is 2.37 bits per heavy atom. The molecule has 10 nitrogen and oxygen atoms in total. The van der Waals surface area contributed by atoms with E-state index >= 15 is 0 Å². The van der Waals surface area contributed by atoms with Gasteiger partial charge in [-0.15, -0.1) is 0 Å². The van der Waals surface area contributed by atoms with Gasteiger partial charge >= 0.3 is 0 Å². The van der Waals surface area contributed by atoms with E-state index in [1.807, 2.05) is 0 Å². The molecule has 0 bridgehead atoms. The second-order valence-electron chi connectivity index (χ2n) is 8.49. The molecule has 0 radical (unpaired) electrons. The quantitative estimate of drug-likeness (QED) is 0.276. The second-order valence-corrected chi connectivity index (χ2v) is 10.2.